The number of aromatic nitrogens is 2. The van der Waals surface area contributed by atoms with Crippen molar-refractivity contribution in [2.45, 2.75) is 39.2 Å². The molecule has 0 radical (unpaired) electrons. The molecule has 1 aliphatic heterocycles. The fourth-order valence-corrected chi connectivity index (χ4v) is 2.10. The summed E-state index contributed by atoms with van der Waals surface area (Å²) in [5.74, 6) is 0.807. The molecular weight excluding hydrogens is 238 g/mol. The summed E-state index contributed by atoms with van der Waals surface area (Å²) in [5.41, 5.74) is 2.04. The molecule has 94 valence electrons. The molecule has 2 rings (SSSR count). The van der Waals surface area contributed by atoms with Crippen LogP contribution in [0, 0.1) is 13.8 Å². The maximum Gasteiger partial charge on any atom is 0.155 e. The summed E-state index contributed by atoms with van der Waals surface area (Å²) < 4.78 is 5.66. The Balaban J connectivity index is 1.96. The number of hydrogen-bond acceptors (Lipinski definition) is 4. The smallest absolute Gasteiger partial charge is 0.155 e. The van der Waals surface area contributed by atoms with Gasteiger partial charge in [-0.25, -0.2) is 0 Å². The van der Waals surface area contributed by atoms with Gasteiger partial charge in [0.25, 0.3) is 0 Å². The van der Waals surface area contributed by atoms with Crippen LogP contribution in [0.1, 0.15) is 30.4 Å². The predicted molar refractivity (Wildman–Crippen MR) is 68.6 cm³/mol. The van der Waals surface area contributed by atoms with Gasteiger partial charge in [-0.1, -0.05) is 11.6 Å². The van der Waals surface area contributed by atoms with Crippen molar-refractivity contribution in [2.75, 3.05) is 18.5 Å². The lowest BCUT2D eigenvalue weighted by Gasteiger charge is -2.23. The van der Waals surface area contributed by atoms with E-state index in [1.165, 1.54) is 12.8 Å². The van der Waals surface area contributed by atoms with Gasteiger partial charge < -0.3 is 10.1 Å². The molecule has 1 aliphatic rings. The van der Waals surface area contributed by atoms with Crippen LogP contribution in [-0.4, -0.2) is 29.5 Å². The average Bonchev–Trinajstić information content (AvgIpc) is 2.36. The Labute approximate surface area is 107 Å². The molecule has 0 aliphatic carbocycles. The first-order valence-electron chi connectivity index (χ1n) is 6.03. The molecule has 0 aromatic carbocycles. The number of nitrogens with zero attached hydrogens (tertiary/aromatic N) is 2. The molecule has 0 bridgehead atoms. The molecule has 1 atom stereocenters. The van der Waals surface area contributed by atoms with E-state index in [0.717, 1.165) is 36.5 Å². The predicted octanol–water partition coefficient (Wildman–Crippen LogP) is 2.73. The van der Waals surface area contributed by atoms with Gasteiger partial charge in [-0.3, -0.25) is 0 Å². The highest BCUT2D eigenvalue weighted by Gasteiger charge is 2.15. The van der Waals surface area contributed by atoms with Crippen LogP contribution in [0.4, 0.5) is 5.82 Å². The Kier molecular flexibility index (Phi) is 4.18. The third kappa shape index (κ3) is 3.07. The molecule has 1 fully saturated rings. The van der Waals surface area contributed by atoms with E-state index in [0.29, 0.717) is 11.3 Å². The molecule has 0 spiro atoms. The highest BCUT2D eigenvalue weighted by Crippen LogP contribution is 2.21. The lowest BCUT2D eigenvalue weighted by Crippen LogP contribution is -2.27. The number of ether oxygens (including phenoxy) is 1. The second kappa shape index (κ2) is 5.65. The number of anilines is 1. The summed E-state index contributed by atoms with van der Waals surface area (Å²) in [7, 11) is 0. The standard InChI is InChI=1S/C12H18ClN3O/c1-8-9(2)12(16-15-11(8)13)14-7-10-5-3-4-6-17-10/h10H,3-7H2,1-2H3,(H,14,16). The van der Waals surface area contributed by atoms with E-state index in [4.69, 9.17) is 16.3 Å². The quantitative estimate of drug-likeness (QED) is 0.902. The van der Waals surface area contributed by atoms with Crippen molar-refractivity contribution in [3.63, 3.8) is 0 Å². The molecule has 5 heteroatoms. The van der Waals surface area contributed by atoms with Crippen molar-refractivity contribution >= 4 is 17.4 Å². The summed E-state index contributed by atoms with van der Waals surface area (Å²) in [4.78, 5) is 0. The van der Waals surface area contributed by atoms with Gasteiger partial charge >= 0.3 is 0 Å². The van der Waals surface area contributed by atoms with Crippen LogP contribution in [0.3, 0.4) is 0 Å². The normalized spacial score (nSPS) is 20.3. The molecule has 1 aromatic heterocycles. The fourth-order valence-electron chi connectivity index (χ4n) is 1.92. The zero-order chi connectivity index (χ0) is 12.3. The Hall–Kier alpha value is -0.870. The van der Waals surface area contributed by atoms with E-state index in [2.05, 4.69) is 15.5 Å². The van der Waals surface area contributed by atoms with Gasteiger partial charge in [0, 0.05) is 13.2 Å². The van der Waals surface area contributed by atoms with Gasteiger partial charge in [0.1, 0.15) is 0 Å². The van der Waals surface area contributed by atoms with Crippen molar-refractivity contribution in [3.05, 3.63) is 16.3 Å². The van der Waals surface area contributed by atoms with E-state index in [-0.39, 0.29) is 0 Å². The third-order valence-corrected chi connectivity index (χ3v) is 3.60. The second-order valence-corrected chi connectivity index (χ2v) is 4.82. The zero-order valence-electron chi connectivity index (χ0n) is 10.3. The van der Waals surface area contributed by atoms with Crippen LogP contribution in [0.25, 0.3) is 0 Å². The molecular formula is C12H18ClN3O. The minimum absolute atomic E-state index is 0.293. The van der Waals surface area contributed by atoms with E-state index in [1.54, 1.807) is 0 Å². The number of rotatable bonds is 3. The Morgan fingerprint density at radius 2 is 2.12 bits per heavy atom. The highest BCUT2D eigenvalue weighted by molar-refractivity contribution is 6.30. The second-order valence-electron chi connectivity index (χ2n) is 4.46. The van der Waals surface area contributed by atoms with Crippen molar-refractivity contribution < 1.29 is 4.74 Å². The van der Waals surface area contributed by atoms with Gasteiger partial charge in [0.05, 0.1) is 6.10 Å². The third-order valence-electron chi connectivity index (χ3n) is 3.24. The Bertz CT molecular complexity index is 392. The fraction of sp³-hybridized carbons (Fsp3) is 0.667. The number of nitrogens with one attached hydrogen (secondary N) is 1. The first-order valence-corrected chi connectivity index (χ1v) is 6.41. The van der Waals surface area contributed by atoms with Crippen LogP contribution in [0.5, 0.6) is 0 Å². The molecule has 1 aromatic rings. The SMILES string of the molecule is Cc1c(Cl)nnc(NCC2CCCCO2)c1C. The maximum atomic E-state index is 5.91. The van der Waals surface area contributed by atoms with Crippen LogP contribution in [0.15, 0.2) is 0 Å². The van der Waals surface area contributed by atoms with Gasteiger partial charge in [-0.2, -0.15) is 0 Å². The summed E-state index contributed by atoms with van der Waals surface area (Å²) in [6, 6.07) is 0. The van der Waals surface area contributed by atoms with Gasteiger partial charge in [-0.15, -0.1) is 10.2 Å². The first-order chi connectivity index (χ1) is 8.18. The lowest BCUT2D eigenvalue weighted by atomic mass is 10.1. The van der Waals surface area contributed by atoms with Crippen molar-refractivity contribution in [1.29, 1.82) is 0 Å². The summed E-state index contributed by atoms with van der Waals surface area (Å²) in [6.07, 6.45) is 3.83. The summed E-state index contributed by atoms with van der Waals surface area (Å²) in [6.45, 7) is 5.61. The Morgan fingerprint density at radius 3 is 2.82 bits per heavy atom. The minimum atomic E-state index is 0.293. The minimum Gasteiger partial charge on any atom is -0.376 e. The van der Waals surface area contributed by atoms with E-state index in [1.807, 2.05) is 13.8 Å². The Morgan fingerprint density at radius 1 is 1.29 bits per heavy atom. The molecule has 2 heterocycles. The van der Waals surface area contributed by atoms with Crippen LogP contribution >= 0.6 is 11.6 Å². The molecule has 1 N–H and O–H groups in total. The molecule has 0 saturated carbocycles. The summed E-state index contributed by atoms with van der Waals surface area (Å²) in [5, 5.41) is 11.8. The monoisotopic (exact) mass is 255 g/mol. The largest absolute Gasteiger partial charge is 0.376 e. The van der Waals surface area contributed by atoms with Gasteiger partial charge in [0.2, 0.25) is 0 Å². The number of hydrogen-bond donors (Lipinski definition) is 1. The molecule has 0 amide bonds. The van der Waals surface area contributed by atoms with Gasteiger partial charge in [-0.05, 0) is 44.2 Å². The molecule has 4 nitrogen and oxygen atoms in total. The average molecular weight is 256 g/mol. The maximum absolute atomic E-state index is 5.91. The topological polar surface area (TPSA) is 47.0 Å². The van der Waals surface area contributed by atoms with Gasteiger partial charge in [0.15, 0.2) is 11.0 Å². The van der Waals surface area contributed by atoms with E-state index < -0.39 is 0 Å². The molecule has 1 unspecified atom stereocenters. The van der Waals surface area contributed by atoms with Crippen molar-refractivity contribution in [1.82, 2.24) is 10.2 Å². The first kappa shape index (κ1) is 12.6. The molecule has 17 heavy (non-hydrogen) atoms. The van der Waals surface area contributed by atoms with E-state index in [9.17, 15) is 0 Å². The molecule has 1 saturated heterocycles. The van der Waals surface area contributed by atoms with Crippen LogP contribution in [-0.2, 0) is 4.74 Å². The zero-order valence-corrected chi connectivity index (χ0v) is 11.0. The van der Waals surface area contributed by atoms with Crippen LogP contribution < -0.4 is 5.32 Å². The van der Waals surface area contributed by atoms with Crippen molar-refractivity contribution in [2.24, 2.45) is 0 Å². The van der Waals surface area contributed by atoms with E-state index >= 15 is 0 Å². The number of halogens is 1. The summed E-state index contributed by atoms with van der Waals surface area (Å²) >= 11 is 5.91. The highest BCUT2D eigenvalue weighted by atomic mass is 35.5. The lowest BCUT2D eigenvalue weighted by molar-refractivity contribution is 0.0247. The van der Waals surface area contributed by atoms with Crippen molar-refractivity contribution in [3.8, 4) is 0 Å². The van der Waals surface area contributed by atoms with Crippen LogP contribution in [0.2, 0.25) is 5.15 Å².